The molecule has 0 aliphatic carbocycles. The minimum atomic E-state index is -0.243. The fraction of sp³-hybridized carbons (Fsp3) is 0.600. The molecule has 106 valence electrons. The lowest BCUT2D eigenvalue weighted by molar-refractivity contribution is 0.149. The van der Waals surface area contributed by atoms with Gasteiger partial charge in [0.1, 0.15) is 0 Å². The quantitative estimate of drug-likeness (QED) is 0.858. The summed E-state index contributed by atoms with van der Waals surface area (Å²) in [6.07, 6.45) is 1.65. The van der Waals surface area contributed by atoms with Crippen LogP contribution in [0.2, 0.25) is 0 Å². The molecule has 1 atom stereocenters. The summed E-state index contributed by atoms with van der Waals surface area (Å²) >= 11 is 0. The van der Waals surface area contributed by atoms with Gasteiger partial charge in [-0.2, -0.15) is 0 Å². The first-order valence-corrected chi connectivity index (χ1v) is 6.80. The predicted octanol–water partition coefficient (Wildman–Crippen LogP) is 2.39. The molecule has 1 N–H and O–H groups in total. The molecule has 0 spiro atoms. The van der Waals surface area contributed by atoms with Crippen molar-refractivity contribution >= 4 is 0 Å². The molecule has 3 nitrogen and oxygen atoms in total. The van der Waals surface area contributed by atoms with Gasteiger partial charge in [-0.05, 0) is 31.0 Å². The van der Waals surface area contributed by atoms with Crippen molar-refractivity contribution in [3.8, 4) is 5.75 Å². The van der Waals surface area contributed by atoms with Gasteiger partial charge < -0.3 is 14.8 Å². The average Bonchev–Trinajstić information content (AvgIpc) is 2.88. The topological polar surface area (TPSA) is 30.5 Å². The van der Waals surface area contributed by atoms with Crippen LogP contribution >= 0.6 is 0 Å². The summed E-state index contributed by atoms with van der Waals surface area (Å²) in [5.74, 6) is 0.0720. The molecule has 19 heavy (non-hydrogen) atoms. The summed E-state index contributed by atoms with van der Waals surface area (Å²) < 4.78 is 24.8. The number of benzene rings is 1. The zero-order valence-electron chi connectivity index (χ0n) is 11.7. The van der Waals surface area contributed by atoms with Gasteiger partial charge in [0, 0.05) is 18.6 Å². The Hall–Kier alpha value is -1.13. The summed E-state index contributed by atoms with van der Waals surface area (Å²) in [7, 11) is 1.50. The summed E-state index contributed by atoms with van der Waals surface area (Å²) in [4.78, 5) is 0. The lowest BCUT2D eigenvalue weighted by Crippen LogP contribution is -2.37. The molecule has 1 heterocycles. The second-order valence-electron chi connectivity index (χ2n) is 5.19. The molecule has 1 aliphatic heterocycles. The van der Waals surface area contributed by atoms with Crippen LogP contribution in [-0.4, -0.2) is 33.4 Å². The van der Waals surface area contributed by atoms with Gasteiger partial charge in [-0.25, -0.2) is 4.39 Å². The zero-order valence-corrected chi connectivity index (χ0v) is 11.7. The van der Waals surface area contributed by atoms with Crippen molar-refractivity contribution in [2.24, 2.45) is 5.41 Å². The second kappa shape index (κ2) is 6.35. The Morgan fingerprint density at radius 2 is 2.32 bits per heavy atom. The normalized spacial score (nSPS) is 22.7. The molecule has 1 aromatic rings. The Labute approximate surface area is 114 Å². The van der Waals surface area contributed by atoms with Crippen molar-refractivity contribution in [3.05, 3.63) is 29.6 Å². The first-order valence-electron chi connectivity index (χ1n) is 6.80. The van der Waals surface area contributed by atoms with Gasteiger partial charge in [-0.15, -0.1) is 0 Å². The van der Waals surface area contributed by atoms with E-state index in [2.05, 4.69) is 12.2 Å². The van der Waals surface area contributed by atoms with Gasteiger partial charge >= 0.3 is 0 Å². The highest BCUT2D eigenvalue weighted by Gasteiger charge is 2.35. The van der Waals surface area contributed by atoms with Gasteiger partial charge in [0.25, 0.3) is 0 Å². The molecular weight excluding hydrogens is 245 g/mol. The summed E-state index contributed by atoms with van der Waals surface area (Å²) in [6.45, 7) is 5.31. The molecule has 1 unspecified atom stereocenters. The summed E-state index contributed by atoms with van der Waals surface area (Å²) in [6, 6.07) is 5.33. The smallest absolute Gasteiger partial charge is 0.168 e. The van der Waals surface area contributed by atoms with Crippen LogP contribution in [0.1, 0.15) is 18.9 Å². The van der Waals surface area contributed by atoms with Crippen molar-refractivity contribution in [2.45, 2.75) is 19.8 Å². The predicted molar refractivity (Wildman–Crippen MR) is 73.1 cm³/mol. The standard InChI is InChI=1S/C15H22FNO2/c1-3-17-10-15(7-8-19-11-15)9-12-5-4-6-13(18-2)14(12)16/h4-6,17H,3,7-11H2,1-2H3. The van der Waals surface area contributed by atoms with Crippen LogP contribution in [-0.2, 0) is 11.2 Å². The number of hydrogen-bond acceptors (Lipinski definition) is 3. The number of hydrogen-bond donors (Lipinski definition) is 1. The van der Waals surface area contributed by atoms with Crippen molar-refractivity contribution in [1.29, 1.82) is 0 Å². The highest BCUT2D eigenvalue weighted by molar-refractivity contribution is 5.32. The molecule has 4 heteroatoms. The number of halogens is 1. The van der Waals surface area contributed by atoms with Crippen molar-refractivity contribution in [2.75, 3.05) is 33.4 Å². The number of nitrogens with one attached hydrogen (secondary N) is 1. The lowest BCUT2D eigenvalue weighted by Gasteiger charge is -2.28. The van der Waals surface area contributed by atoms with E-state index in [1.54, 1.807) is 6.07 Å². The van der Waals surface area contributed by atoms with E-state index in [0.29, 0.717) is 24.3 Å². The van der Waals surface area contributed by atoms with Crippen LogP contribution in [0.5, 0.6) is 5.75 Å². The van der Waals surface area contributed by atoms with E-state index in [9.17, 15) is 4.39 Å². The van der Waals surface area contributed by atoms with E-state index in [1.807, 2.05) is 12.1 Å². The van der Waals surface area contributed by atoms with E-state index in [-0.39, 0.29) is 11.2 Å². The molecular formula is C15H22FNO2. The van der Waals surface area contributed by atoms with Crippen LogP contribution in [0.4, 0.5) is 4.39 Å². The van der Waals surface area contributed by atoms with Gasteiger partial charge in [-0.3, -0.25) is 0 Å². The monoisotopic (exact) mass is 267 g/mol. The molecule has 0 radical (unpaired) electrons. The molecule has 1 saturated heterocycles. The first-order chi connectivity index (χ1) is 9.21. The minimum absolute atomic E-state index is 0.00319. The summed E-state index contributed by atoms with van der Waals surface area (Å²) in [5.41, 5.74) is 0.714. The molecule has 2 rings (SSSR count). The Balaban J connectivity index is 2.17. The van der Waals surface area contributed by atoms with Crippen molar-refractivity contribution in [1.82, 2.24) is 5.32 Å². The SMILES string of the molecule is CCNCC1(Cc2cccc(OC)c2F)CCOC1. The molecule has 0 amide bonds. The maximum atomic E-state index is 14.2. The van der Waals surface area contributed by atoms with Crippen LogP contribution in [0.25, 0.3) is 0 Å². The molecule has 0 aromatic heterocycles. The molecule has 0 saturated carbocycles. The molecule has 0 bridgehead atoms. The fourth-order valence-electron chi connectivity index (χ4n) is 2.64. The zero-order chi connectivity index (χ0) is 13.7. The highest BCUT2D eigenvalue weighted by atomic mass is 19.1. The van der Waals surface area contributed by atoms with Crippen molar-refractivity contribution in [3.63, 3.8) is 0 Å². The third-order valence-corrected chi connectivity index (χ3v) is 3.76. The third-order valence-electron chi connectivity index (χ3n) is 3.76. The Kier molecular flexibility index (Phi) is 4.77. The Bertz CT molecular complexity index is 417. The van der Waals surface area contributed by atoms with Crippen LogP contribution in [0.15, 0.2) is 18.2 Å². The van der Waals surface area contributed by atoms with Crippen LogP contribution < -0.4 is 10.1 Å². The van der Waals surface area contributed by atoms with E-state index in [1.165, 1.54) is 7.11 Å². The van der Waals surface area contributed by atoms with Crippen LogP contribution in [0.3, 0.4) is 0 Å². The maximum absolute atomic E-state index is 14.2. The second-order valence-corrected chi connectivity index (χ2v) is 5.19. The van der Waals surface area contributed by atoms with Crippen LogP contribution in [0, 0.1) is 11.2 Å². The van der Waals surface area contributed by atoms with E-state index in [4.69, 9.17) is 9.47 Å². The Morgan fingerprint density at radius 1 is 1.47 bits per heavy atom. The van der Waals surface area contributed by atoms with E-state index in [0.717, 1.165) is 26.1 Å². The van der Waals surface area contributed by atoms with Gasteiger partial charge in [0.05, 0.1) is 13.7 Å². The maximum Gasteiger partial charge on any atom is 0.168 e. The van der Waals surface area contributed by atoms with E-state index >= 15 is 0 Å². The highest BCUT2D eigenvalue weighted by Crippen LogP contribution is 2.34. The van der Waals surface area contributed by atoms with Gasteiger partial charge in [-0.1, -0.05) is 19.1 Å². The lowest BCUT2D eigenvalue weighted by atomic mass is 9.80. The molecule has 1 fully saturated rings. The number of ether oxygens (including phenoxy) is 2. The first kappa shape index (κ1) is 14.3. The van der Waals surface area contributed by atoms with Gasteiger partial charge in [0.2, 0.25) is 0 Å². The molecule has 1 aromatic carbocycles. The van der Waals surface area contributed by atoms with Gasteiger partial charge in [0.15, 0.2) is 11.6 Å². The Morgan fingerprint density at radius 3 is 2.95 bits per heavy atom. The minimum Gasteiger partial charge on any atom is -0.494 e. The number of rotatable bonds is 6. The molecule has 1 aliphatic rings. The fourth-order valence-corrected chi connectivity index (χ4v) is 2.64. The summed E-state index contributed by atoms with van der Waals surface area (Å²) in [5, 5.41) is 3.37. The van der Waals surface area contributed by atoms with Crippen molar-refractivity contribution < 1.29 is 13.9 Å². The average molecular weight is 267 g/mol. The third kappa shape index (κ3) is 3.25. The number of methoxy groups -OCH3 is 1. The largest absolute Gasteiger partial charge is 0.494 e. The van der Waals surface area contributed by atoms with E-state index < -0.39 is 0 Å².